The molecule has 0 amide bonds. The van der Waals surface area contributed by atoms with Gasteiger partial charge in [0.05, 0.1) is 6.10 Å². The van der Waals surface area contributed by atoms with E-state index in [1.165, 1.54) is 57.8 Å². The van der Waals surface area contributed by atoms with Gasteiger partial charge in [0.25, 0.3) is 0 Å². The van der Waals surface area contributed by atoms with Crippen LogP contribution < -0.4 is 0 Å². The summed E-state index contributed by atoms with van der Waals surface area (Å²) in [5, 5.41) is 10.2. The van der Waals surface area contributed by atoms with E-state index in [1.807, 2.05) is 0 Å². The van der Waals surface area contributed by atoms with Gasteiger partial charge in [0.15, 0.2) is 0 Å². The lowest BCUT2D eigenvalue weighted by molar-refractivity contribution is -0.0575. The molecule has 0 unspecified atom stereocenters. The van der Waals surface area contributed by atoms with Gasteiger partial charge in [-0.1, -0.05) is 79.9 Å². The van der Waals surface area contributed by atoms with E-state index in [4.69, 9.17) is 4.74 Å². The molecule has 9 atom stereocenters. The lowest BCUT2D eigenvalue weighted by atomic mass is 9.47. The van der Waals surface area contributed by atoms with E-state index in [-0.39, 0.29) is 6.10 Å². The molecular weight excluding hydrogens is 452 g/mol. The summed E-state index contributed by atoms with van der Waals surface area (Å²) >= 11 is 0. The second-order valence-electron chi connectivity index (χ2n) is 14.5. The van der Waals surface area contributed by atoms with E-state index in [1.54, 1.807) is 5.57 Å². The molecule has 37 heavy (non-hydrogen) atoms. The summed E-state index contributed by atoms with van der Waals surface area (Å²) in [6.45, 7) is 21.2. The first-order valence-electron chi connectivity index (χ1n) is 16.6. The number of hydrogen-bond acceptors (Lipinski definition) is 2. The number of fused-ring (bicyclic) bond motifs is 5. The fraction of sp³-hybridized carbons (Fsp3) is 0.943. The SMILES string of the molecule is CCCOCCC.CC[C@H](CC[C@@H](C)[C@H]1CC[C@H]2[C@@H]3CC=C4C[C@@H](O)CC[C@]4(C)[C@H]3CC[C@]12C)C(C)C. The van der Waals surface area contributed by atoms with Gasteiger partial charge >= 0.3 is 0 Å². The van der Waals surface area contributed by atoms with Crippen LogP contribution in [0.4, 0.5) is 0 Å². The summed E-state index contributed by atoms with van der Waals surface area (Å²) in [6, 6.07) is 0. The highest BCUT2D eigenvalue weighted by Crippen LogP contribution is 2.67. The van der Waals surface area contributed by atoms with E-state index in [2.05, 4.69) is 61.5 Å². The molecule has 1 N–H and O–H groups in total. The van der Waals surface area contributed by atoms with Gasteiger partial charge in [-0.2, -0.15) is 0 Å². The molecule has 2 nitrogen and oxygen atoms in total. The van der Waals surface area contributed by atoms with Crippen molar-refractivity contribution in [3.63, 3.8) is 0 Å². The van der Waals surface area contributed by atoms with Gasteiger partial charge < -0.3 is 9.84 Å². The van der Waals surface area contributed by atoms with Crippen molar-refractivity contribution < 1.29 is 9.84 Å². The van der Waals surface area contributed by atoms with Crippen molar-refractivity contribution >= 4 is 0 Å². The minimum absolute atomic E-state index is 0.0794. The molecule has 0 saturated heterocycles. The van der Waals surface area contributed by atoms with Gasteiger partial charge in [0.2, 0.25) is 0 Å². The first kappa shape index (κ1) is 31.2. The molecule has 0 spiro atoms. The van der Waals surface area contributed by atoms with Crippen LogP contribution in [-0.2, 0) is 4.74 Å². The monoisotopic (exact) mass is 516 g/mol. The third-order valence-corrected chi connectivity index (χ3v) is 12.0. The highest BCUT2D eigenvalue weighted by Gasteiger charge is 2.59. The first-order valence-corrected chi connectivity index (χ1v) is 16.6. The van der Waals surface area contributed by atoms with E-state index in [9.17, 15) is 5.11 Å². The topological polar surface area (TPSA) is 29.5 Å². The van der Waals surface area contributed by atoms with Crippen LogP contribution in [-0.4, -0.2) is 24.4 Å². The number of aliphatic hydroxyl groups is 1. The molecule has 4 rings (SSSR count). The third-order valence-electron chi connectivity index (χ3n) is 12.0. The van der Waals surface area contributed by atoms with Gasteiger partial charge in [0, 0.05) is 13.2 Å². The van der Waals surface area contributed by atoms with Crippen molar-refractivity contribution in [2.45, 2.75) is 145 Å². The smallest absolute Gasteiger partial charge is 0.0577 e. The van der Waals surface area contributed by atoms with Crippen LogP contribution in [0, 0.1) is 52.3 Å². The predicted molar refractivity (Wildman–Crippen MR) is 160 cm³/mol. The van der Waals surface area contributed by atoms with E-state index in [0.29, 0.717) is 10.8 Å². The van der Waals surface area contributed by atoms with Crippen molar-refractivity contribution in [3.8, 4) is 0 Å². The van der Waals surface area contributed by atoms with E-state index < -0.39 is 0 Å². The summed E-state index contributed by atoms with van der Waals surface area (Å²) in [7, 11) is 0. The van der Waals surface area contributed by atoms with Crippen molar-refractivity contribution in [1.82, 2.24) is 0 Å². The quantitative estimate of drug-likeness (QED) is 0.231. The van der Waals surface area contributed by atoms with Crippen LogP contribution in [0.2, 0.25) is 0 Å². The van der Waals surface area contributed by atoms with Crippen molar-refractivity contribution in [2.75, 3.05) is 13.2 Å². The maximum atomic E-state index is 10.2. The summed E-state index contributed by atoms with van der Waals surface area (Å²) in [5.41, 5.74) is 2.59. The third kappa shape index (κ3) is 6.87. The molecular formula is C35H64O2. The van der Waals surface area contributed by atoms with Crippen molar-refractivity contribution in [3.05, 3.63) is 11.6 Å². The van der Waals surface area contributed by atoms with Crippen LogP contribution in [0.25, 0.3) is 0 Å². The zero-order valence-corrected chi connectivity index (χ0v) is 26.2. The molecule has 2 heteroatoms. The molecule has 4 aliphatic rings. The van der Waals surface area contributed by atoms with Crippen LogP contribution in [0.5, 0.6) is 0 Å². The van der Waals surface area contributed by atoms with E-state index >= 15 is 0 Å². The molecule has 3 fully saturated rings. The number of aliphatic hydroxyl groups excluding tert-OH is 1. The highest BCUT2D eigenvalue weighted by molar-refractivity contribution is 5.25. The fourth-order valence-electron chi connectivity index (χ4n) is 9.69. The van der Waals surface area contributed by atoms with Crippen molar-refractivity contribution in [2.24, 2.45) is 52.3 Å². The Bertz CT molecular complexity index is 708. The molecule has 0 heterocycles. The summed E-state index contributed by atoms with van der Waals surface area (Å²) in [6.07, 6.45) is 19.4. The Morgan fingerprint density at radius 1 is 0.919 bits per heavy atom. The van der Waals surface area contributed by atoms with Crippen LogP contribution in [0.1, 0.15) is 139 Å². The normalized spacial score (nSPS) is 38.5. The number of allylic oxidation sites excluding steroid dienone is 1. The van der Waals surface area contributed by atoms with Gasteiger partial charge in [-0.15, -0.1) is 0 Å². The molecule has 0 radical (unpaired) electrons. The Balaban J connectivity index is 0.000000479. The standard InChI is InChI=1S/C29H50O.C6H14O/c1-7-21(19(2)3)9-8-20(4)25-12-13-26-24-11-10-22-18-23(30)14-16-28(22,5)27(24)15-17-29(25,26)6;1-3-5-7-6-4-2/h10,19-21,23-27,30H,7-9,11-18H2,1-6H3;3-6H2,1-2H3/t20-,21-,23+,24+,25-,26+,27+,28+,29-;/m1./s1. The van der Waals surface area contributed by atoms with Crippen LogP contribution >= 0.6 is 0 Å². The van der Waals surface area contributed by atoms with E-state index in [0.717, 1.165) is 80.3 Å². The minimum Gasteiger partial charge on any atom is -0.393 e. The largest absolute Gasteiger partial charge is 0.393 e. The molecule has 0 bridgehead atoms. The summed E-state index contributed by atoms with van der Waals surface area (Å²) in [5.74, 6) is 6.31. The second kappa shape index (κ2) is 13.8. The zero-order valence-electron chi connectivity index (χ0n) is 26.2. The number of ether oxygens (including phenoxy) is 1. The predicted octanol–water partition coefficient (Wildman–Crippen LogP) is 9.85. The lowest BCUT2D eigenvalue weighted by Crippen LogP contribution is -2.50. The maximum Gasteiger partial charge on any atom is 0.0577 e. The van der Waals surface area contributed by atoms with Gasteiger partial charge in [-0.3, -0.25) is 0 Å². The second-order valence-corrected chi connectivity index (χ2v) is 14.5. The molecule has 0 aliphatic heterocycles. The Hall–Kier alpha value is -0.340. The lowest BCUT2D eigenvalue weighted by Gasteiger charge is -2.58. The Kier molecular flexibility index (Phi) is 11.7. The average molecular weight is 517 g/mol. The molecule has 3 saturated carbocycles. The molecule has 216 valence electrons. The minimum atomic E-state index is -0.0794. The van der Waals surface area contributed by atoms with Crippen LogP contribution in [0.3, 0.4) is 0 Å². The Morgan fingerprint density at radius 2 is 1.62 bits per heavy atom. The average Bonchev–Trinajstić information content (AvgIpc) is 3.22. The number of hydrogen-bond donors (Lipinski definition) is 1. The molecule has 0 aromatic heterocycles. The summed E-state index contributed by atoms with van der Waals surface area (Å²) in [4.78, 5) is 0. The molecule has 0 aromatic carbocycles. The highest BCUT2D eigenvalue weighted by atomic mass is 16.5. The Morgan fingerprint density at radius 3 is 2.24 bits per heavy atom. The van der Waals surface area contributed by atoms with Crippen LogP contribution in [0.15, 0.2) is 11.6 Å². The zero-order chi connectivity index (χ0) is 27.2. The van der Waals surface area contributed by atoms with Gasteiger partial charge in [-0.05, 0) is 123 Å². The maximum absolute atomic E-state index is 10.2. The fourth-order valence-corrected chi connectivity index (χ4v) is 9.69. The van der Waals surface area contributed by atoms with Gasteiger partial charge in [-0.25, -0.2) is 0 Å². The van der Waals surface area contributed by atoms with Crippen molar-refractivity contribution in [1.29, 1.82) is 0 Å². The first-order chi connectivity index (χ1) is 17.6. The summed E-state index contributed by atoms with van der Waals surface area (Å²) < 4.78 is 5.13. The Labute approximate surface area is 231 Å². The van der Waals surface area contributed by atoms with Gasteiger partial charge in [0.1, 0.15) is 0 Å². The molecule has 4 aliphatic carbocycles. The molecule has 0 aromatic rings. The number of rotatable bonds is 10.